The standard InChI is InChI=1S/C26H21ClN4O2/c27-21-14-12-20(13-15-21)18-33-25-11-5-4-10-22(25)23-17-24(30-29-23)26(32)31-28-16-6-9-19-7-2-1-3-8-19/h1-17H,18H2,(H,29,30)(H,31,32)/b9-6+,28-16-. The SMILES string of the molecule is O=C(N/N=C\C=C\c1ccccc1)c1cc(-c2ccccc2OCc2ccc(Cl)cc2)n[nH]1. The number of nitrogens with zero attached hydrogens (tertiary/aromatic N) is 2. The molecule has 0 aliphatic rings. The van der Waals surface area contributed by atoms with Gasteiger partial charge in [-0.3, -0.25) is 9.89 Å². The van der Waals surface area contributed by atoms with E-state index in [1.54, 1.807) is 12.1 Å². The number of H-pyrrole nitrogens is 1. The van der Waals surface area contributed by atoms with Gasteiger partial charge in [0.05, 0.1) is 5.69 Å². The smallest absolute Gasteiger partial charge is 0.289 e. The summed E-state index contributed by atoms with van der Waals surface area (Å²) in [6, 6.07) is 26.5. The van der Waals surface area contributed by atoms with Crippen LogP contribution in [0.15, 0.2) is 96.1 Å². The number of hydrazone groups is 1. The highest BCUT2D eigenvalue weighted by Gasteiger charge is 2.13. The fourth-order valence-corrected chi connectivity index (χ4v) is 3.17. The summed E-state index contributed by atoms with van der Waals surface area (Å²) >= 11 is 5.94. The number of hydrogen-bond donors (Lipinski definition) is 2. The van der Waals surface area contributed by atoms with Crippen molar-refractivity contribution < 1.29 is 9.53 Å². The third kappa shape index (κ3) is 6.18. The maximum atomic E-state index is 12.4. The molecule has 33 heavy (non-hydrogen) atoms. The Hall–Kier alpha value is -4.16. The molecule has 1 amide bonds. The molecule has 4 rings (SSSR count). The minimum Gasteiger partial charge on any atom is -0.488 e. The second-order valence-corrected chi connectivity index (χ2v) is 7.50. The number of ether oxygens (including phenoxy) is 1. The van der Waals surface area contributed by atoms with Crippen LogP contribution in [0.25, 0.3) is 17.3 Å². The Kier molecular flexibility index (Phi) is 7.30. The van der Waals surface area contributed by atoms with E-state index in [-0.39, 0.29) is 0 Å². The highest BCUT2D eigenvalue weighted by Crippen LogP contribution is 2.29. The average molecular weight is 457 g/mol. The van der Waals surface area contributed by atoms with E-state index in [0.717, 1.165) is 16.7 Å². The Balaban J connectivity index is 1.38. The van der Waals surface area contributed by atoms with Crippen molar-refractivity contribution in [3.05, 3.63) is 113 Å². The fraction of sp³-hybridized carbons (Fsp3) is 0.0385. The Morgan fingerprint density at radius 2 is 1.79 bits per heavy atom. The number of aromatic amines is 1. The molecule has 0 aliphatic carbocycles. The molecule has 1 heterocycles. The summed E-state index contributed by atoms with van der Waals surface area (Å²) in [6.45, 7) is 0.386. The molecule has 3 aromatic carbocycles. The van der Waals surface area contributed by atoms with E-state index in [1.807, 2.05) is 84.9 Å². The maximum Gasteiger partial charge on any atom is 0.289 e. The number of carbonyl (C=O) groups is 1. The highest BCUT2D eigenvalue weighted by molar-refractivity contribution is 6.30. The predicted octanol–water partition coefficient (Wildman–Crippen LogP) is 5.74. The van der Waals surface area contributed by atoms with Gasteiger partial charge in [0, 0.05) is 16.8 Å². The number of allylic oxidation sites excluding steroid dienone is 1. The van der Waals surface area contributed by atoms with Crippen LogP contribution >= 0.6 is 11.6 Å². The van der Waals surface area contributed by atoms with Crippen LogP contribution in [0.1, 0.15) is 21.6 Å². The van der Waals surface area contributed by atoms with Gasteiger partial charge in [-0.15, -0.1) is 0 Å². The lowest BCUT2D eigenvalue weighted by Crippen LogP contribution is -2.17. The molecule has 1 aromatic heterocycles. The Labute approximate surface area is 196 Å². The Bertz CT molecular complexity index is 1260. The largest absolute Gasteiger partial charge is 0.488 e. The van der Waals surface area contributed by atoms with Gasteiger partial charge in [0.2, 0.25) is 0 Å². The number of benzene rings is 3. The summed E-state index contributed by atoms with van der Waals surface area (Å²) in [5, 5.41) is 11.6. The lowest BCUT2D eigenvalue weighted by molar-refractivity contribution is 0.0950. The third-order valence-electron chi connectivity index (χ3n) is 4.71. The number of carbonyl (C=O) groups excluding carboxylic acids is 1. The van der Waals surface area contributed by atoms with Crippen LogP contribution < -0.4 is 10.2 Å². The molecule has 2 N–H and O–H groups in total. The summed E-state index contributed by atoms with van der Waals surface area (Å²) in [6.07, 6.45) is 5.16. The maximum absolute atomic E-state index is 12.4. The lowest BCUT2D eigenvalue weighted by Gasteiger charge is -2.10. The molecule has 0 spiro atoms. The van der Waals surface area contributed by atoms with Crippen molar-refractivity contribution in [2.75, 3.05) is 0 Å². The fourth-order valence-electron chi connectivity index (χ4n) is 3.04. The normalized spacial score (nSPS) is 11.2. The highest BCUT2D eigenvalue weighted by atomic mass is 35.5. The van der Waals surface area contributed by atoms with E-state index >= 15 is 0 Å². The van der Waals surface area contributed by atoms with Gasteiger partial charge in [-0.25, -0.2) is 5.43 Å². The van der Waals surface area contributed by atoms with Gasteiger partial charge in [-0.05, 0) is 47.5 Å². The number of hydrogen-bond acceptors (Lipinski definition) is 4. The number of para-hydroxylation sites is 1. The molecule has 0 aliphatic heterocycles. The molecule has 6 nitrogen and oxygen atoms in total. The van der Waals surface area contributed by atoms with E-state index in [2.05, 4.69) is 20.7 Å². The molecular formula is C26H21ClN4O2. The Morgan fingerprint density at radius 1 is 1.03 bits per heavy atom. The summed E-state index contributed by atoms with van der Waals surface area (Å²) < 4.78 is 5.99. The van der Waals surface area contributed by atoms with Gasteiger partial charge in [-0.2, -0.15) is 10.2 Å². The summed E-state index contributed by atoms with van der Waals surface area (Å²) in [5.41, 5.74) is 6.19. The number of nitrogens with one attached hydrogen (secondary N) is 2. The molecule has 0 bridgehead atoms. The second-order valence-electron chi connectivity index (χ2n) is 7.07. The zero-order chi connectivity index (χ0) is 22.9. The number of aromatic nitrogens is 2. The molecular weight excluding hydrogens is 436 g/mol. The van der Waals surface area contributed by atoms with Crippen LogP contribution in [-0.4, -0.2) is 22.3 Å². The zero-order valence-corrected chi connectivity index (χ0v) is 18.4. The summed E-state index contributed by atoms with van der Waals surface area (Å²) in [4.78, 5) is 12.4. The van der Waals surface area contributed by atoms with E-state index in [0.29, 0.717) is 28.8 Å². The molecule has 0 saturated carbocycles. The van der Waals surface area contributed by atoms with Crippen molar-refractivity contribution in [3.63, 3.8) is 0 Å². The van der Waals surface area contributed by atoms with Crippen molar-refractivity contribution in [1.82, 2.24) is 15.6 Å². The molecule has 0 fully saturated rings. The van der Waals surface area contributed by atoms with Gasteiger partial charge in [0.1, 0.15) is 18.1 Å². The van der Waals surface area contributed by atoms with E-state index in [1.165, 1.54) is 6.21 Å². The second kappa shape index (κ2) is 10.9. The van der Waals surface area contributed by atoms with Crippen LogP contribution in [0.4, 0.5) is 0 Å². The minimum atomic E-state index is -0.391. The lowest BCUT2D eigenvalue weighted by atomic mass is 10.1. The first-order chi connectivity index (χ1) is 16.2. The van der Waals surface area contributed by atoms with Crippen molar-refractivity contribution >= 4 is 29.8 Å². The molecule has 164 valence electrons. The van der Waals surface area contributed by atoms with Crippen LogP contribution in [0, 0.1) is 0 Å². The Morgan fingerprint density at radius 3 is 2.61 bits per heavy atom. The van der Waals surface area contributed by atoms with Crippen molar-refractivity contribution in [1.29, 1.82) is 0 Å². The van der Waals surface area contributed by atoms with E-state index in [9.17, 15) is 4.79 Å². The van der Waals surface area contributed by atoms with Crippen molar-refractivity contribution in [2.24, 2.45) is 5.10 Å². The quantitative estimate of drug-likeness (QED) is 0.262. The van der Waals surface area contributed by atoms with Crippen LogP contribution in [-0.2, 0) is 6.61 Å². The molecule has 7 heteroatoms. The number of rotatable bonds is 8. The van der Waals surface area contributed by atoms with Gasteiger partial charge in [0.25, 0.3) is 5.91 Å². The molecule has 0 unspecified atom stereocenters. The zero-order valence-electron chi connectivity index (χ0n) is 17.6. The number of amides is 1. The van der Waals surface area contributed by atoms with Crippen LogP contribution in [0.2, 0.25) is 5.02 Å². The summed E-state index contributed by atoms with van der Waals surface area (Å²) in [7, 11) is 0. The first-order valence-corrected chi connectivity index (χ1v) is 10.6. The predicted molar refractivity (Wildman–Crippen MR) is 131 cm³/mol. The van der Waals surface area contributed by atoms with Gasteiger partial charge in [-0.1, -0.05) is 72.3 Å². The molecule has 0 atom stereocenters. The molecule has 0 radical (unpaired) electrons. The first-order valence-electron chi connectivity index (χ1n) is 10.3. The van der Waals surface area contributed by atoms with Crippen molar-refractivity contribution in [3.8, 4) is 17.0 Å². The van der Waals surface area contributed by atoms with Crippen molar-refractivity contribution in [2.45, 2.75) is 6.61 Å². The van der Waals surface area contributed by atoms with Gasteiger partial charge in [0.15, 0.2) is 0 Å². The average Bonchev–Trinajstić information content (AvgIpc) is 3.35. The van der Waals surface area contributed by atoms with Crippen LogP contribution in [0.5, 0.6) is 5.75 Å². The minimum absolute atomic E-state index is 0.293. The summed E-state index contributed by atoms with van der Waals surface area (Å²) in [5.74, 6) is 0.271. The van der Waals surface area contributed by atoms with E-state index in [4.69, 9.17) is 16.3 Å². The van der Waals surface area contributed by atoms with Crippen LogP contribution in [0.3, 0.4) is 0 Å². The first kappa shape index (κ1) is 22.0. The number of halogens is 1. The van der Waals surface area contributed by atoms with E-state index < -0.39 is 5.91 Å². The van der Waals surface area contributed by atoms with Gasteiger partial charge < -0.3 is 4.74 Å². The topological polar surface area (TPSA) is 79.4 Å². The molecule has 4 aromatic rings. The van der Waals surface area contributed by atoms with Gasteiger partial charge >= 0.3 is 0 Å². The third-order valence-corrected chi connectivity index (χ3v) is 4.96. The monoisotopic (exact) mass is 456 g/mol. The molecule has 0 saturated heterocycles.